The summed E-state index contributed by atoms with van der Waals surface area (Å²) >= 11 is 0. The van der Waals surface area contributed by atoms with Crippen molar-refractivity contribution in [3.05, 3.63) is 35.4 Å². The van der Waals surface area contributed by atoms with Crippen molar-refractivity contribution in [2.45, 2.75) is 13.0 Å². The molecular weight excluding hydrogens is 240 g/mol. The Morgan fingerprint density at radius 3 is 2.47 bits per heavy atom. The lowest BCUT2D eigenvalue weighted by atomic mass is 10.1. The minimum absolute atomic E-state index is 0. The van der Waals surface area contributed by atoms with E-state index in [2.05, 4.69) is 5.32 Å². The molecule has 0 aliphatic heterocycles. The Bertz CT molecular complexity index is 339. The summed E-state index contributed by atoms with van der Waals surface area (Å²) in [5.74, 6) is -0.0896. The van der Waals surface area contributed by atoms with Crippen LogP contribution in [-0.4, -0.2) is 26.2 Å². The molecule has 0 bridgehead atoms. The van der Waals surface area contributed by atoms with Crippen molar-refractivity contribution in [3.8, 4) is 0 Å². The fraction of sp³-hybridized carbons (Fsp3) is 0.417. The van der Waals surface area contributed by atoms with Crippen LogP contribution in [0.15, 0.2) is 24.3 Å². The molecule has 1 aromatic carbocycles. The molecule has 0 radical (unpaired) electrons. The van der Waals surface area contributed by atoms with Crippen molar-refractivity contribution in [3.63, 3.8) is 0 Å². The summed E-state index contributed by atoms with van der Waals surface area (Å²) in [6, 6.07) is 7.29. The van der Waals surface area contributed by atoms with Crippen LogP contribution in [0.2, 0.25) is 0 Å². The van der Waals surface area contributed by atoms with E-state index in [0.717, 1.165) is 5.56 Å². The van der Waals surface area contributed by atoms with E-state index in [-0.39, 0.29) is 24.4 Å². The van der Waals surface area contributed by atoms with Gasteiger partial charge in [0.05, 0.1) is 6.61 Å². The largest absolute Gasteiger partial charge is 0.383 e. The summed E-state index contributed by atoms with van der Waals surface area (Å²) in [4.78, 5) is 11.6. The maximum Gasteiger partial charge on any atom is 0.251 e. The third kappa shape index (κ3) is 5.17. The van der Waals surface area contributed by atoms with Gasteiger partial charge in [-0.2, -0.15) is 0 Å². The molecule has 0 saturated carbocycles. The molecule has 96 valence electrons. The molecule has 17 heavy (non-hydrogen) atoms. The molecule has 0 unspecified atom stereocenters. The van der Waals surface area contributed by atoms with Gasteiger partial charge >= 0.3 is 0 Å². The molecule has 0 saturated heterocycles. The summed E-state index contributed by atoms with van der Waals surface area (Å²) in [5.41, 5.74) is 7.38. The highest BCUT2D eigenvalue weighted by molar-refractivity contribution is 5.94. The van der Waals surface area contributed by atoms with Gasteiger partial charge in [0.15, 0.2) is 0 Å². The predicted octanol–water partition coefficient (Wildman–Crippen LogP) is 1.50. The predicted molar refractivity (Wildman–Crippen MR) is 70.5 cm³/mol. The van der Waals surface area contributed by atoms with E-state index >= 15 is 0 Å². The second-order valence-corrected chi connectivity index (χ2v) is 3.66. The van der Waals surface area contributed by atoms with Crippen LogP contribution in [-0.2, 0) is 4.74 Å². The van der Waals surface area contributed by atoms with Crippen LogP contribution in [0.3, 0.4) is 0 Å². The molecule has 3 N–H and O–H groups in total. The van der Waals surface area contributed by atoms with Crippen molar-refractivity contribution in [1.29, 1.82) is 0 Å². The van der Waals surface area contributed by atoms with Crippen LogP contribution < -0.4 is 11.1 Å². The van der Waals surface area contributed by atoms with E-state index in [0.29, 0.717) is 18.7 Å². The minimum Gasteiger partial charge on any atom is -0.383 e. The molecular formula is C12H19ClN2O2. The smallest absolute Gasteiger partial charge is 0.251 e. The van der Waals surface area contributed by atoms with Gasteiger partial charge in [-0.25, -0.2) is 0 Å². The normalized spacial score (nSPS) is 11.5. The van der Waals surface area contributed by atoms with Gasteiger partial charge in [-0.15, -0.1) is 12.4 Å². The number of carbonyl (C=O) groups is 1. The Labute approximate surface area is 108 Å². The molecule has 0 aliphatic carbocycles. The van der Waals surface area contributed by atoms with E-state index in [1.54, 1.807) is 19.2 Å². The maximum absolute atomic E-state index is 11.6. The highest BCUT2D eigenvalue weighted by atomic mass is 35.5. The summed E-state index contributed by atoms with van der Waals surface area (Å²) in [6.07, 6.45) is 0. The van der Waals surface area contributed by atoms with Gasteiger partial charge in [0.25, 0.3) is 5.91 Å². The first-order valence-electron chi connectivity index (χ1n) is 5.28. The highest BCUT2D eigenvalue weighted by Gasteiger charge is 2.05. The minimum atomic E-state index is -0.0896. The average Bonchev–Trinajstić information content (AvgIpc) is 2.29. The van der Waals surface area contributed by atoms with Crippen molar-refractivity contribution in [1.82, 2.24) is 5.32 Å². The molecule has 1 amide bonds. The maximum atomic E-state index is 11.6. The number of rotatable bonds is 5. The third-order valence-electron chi connectivity index (χ3n) is 2.29. The Morgan fingerprint density at radius 1 is 1.41 bits per heavy atom. The average molecular weight is 259 g/mol. The zero-order valence-electron chi connectivity index (χ0n) is 10.1. The lowest BCUT2D eigenvalue weighted by Crippen LogP contribution is -2.26. The SMILES string of the molecule is COCCNC(=O)c1ccc([C@H](C)N)cc1.Cl. The molecule has 5 heteroatoms. The van der Waals surface area contributed by atoms with Crippen molar-refractivity contribution in [2.75, 3.05) is 20.3 Å². The number of benzene rings is 1. The van der Waals surface area contributed by atoms with Gasteiger partial charge in [-0.1, -0.05) is 12.1 Å². The fourth-order valence-electron chi connectivity index (χ4n) is 1.31. The summed E-state index contributed by atoms with van der Waals surface area (Å²) in [7, 11) is 1.60. The molecule has 0 fully saturated rings. The molecule has 1 atom stereocenters. The number of halogens is 1. The third-order valence-corrected chi connectivity index (χ3v) is 2.29. The summed E-state index contributed by atoms with van der Waals surface area (Å²) < 4.78 is 4.85. The van der Waals surface area contributed by atoms with Crippen molar-refractivity contribution < 1.29 is 9.53 Å². The van der Waals surface area contributed by atoms with Gasteiger partial charge in [-0.3, -0.25) is 4.79 Å². The van der Waals surface area contributed by atoms with Crippen LogP contribution >= 0.6 is 12.4 Å². The Kier molecular flexibility index (Phi) is 7.54. The molecule has 1 aromatic rings. The Balaban J connectivity index is 0.00000256. The molecule has 0 aromatic heterocycles. The van der Waals surface area contributed by atoms with Gasteiger partial charge < -0.3 is 15.8 Å². The first kappa shape index (κ1) is 15.9. The Hall–Kier alpha value is -1.10. The zero-order chi connectivity index (χ0) is 12.0. The number of nitrogens with one attached hydrogen (secondary N) is 1. The summed E-state index contributed by atoms with van der Waals surface area (Å²) in [5, 5.41) is 2.75. The Morgan fingerprint density at radius 2 is 2.00 bits per heavy atom. The number of ether oxygens (including phenoxy) is 1. The fourth-order valence-corrected chi connectivity index (χ4v) is 1.31. The van der Waals surface area contributed by atoms with Crippen LogP contribution in [0.4, 0.5) is 0 Å². The molecule has 4 nitrogen and oxygen atoms in total. The van der Waals surface area contributed by atoms with E-state index in [1.165, 1.54) is 0 Å². The van der Waals surface area contributed by atoms with Crippen LogP contribution in [0.1, 0.15) is 28.9 Å². The number of methoxy groups -OCH3 is 1. The number of carbonyl (C=O) groups excluding carboxylic acids is 1. The molecule has 0 spiro atoms. The highest BCUT2D eigenvalue weighted by Crippen LogP contribution is 2.10. The lowest BCUT2D eigenvalue weighted by Gasteiger charge is -2.07. The number of hydrogen-bond acceptors (Lipinski definition) is 3. The van der Waals surface area contributed by atoms with E-state index in [1.807, 2.05) is 19.1 Å². The molecule has 1 rings (SSSR count). The van der Waals surface area contributed by atoms with Gasteiger partial charge in [0.2, 0.25) is 0 Å². The number of amides is 1. The first-order chi connectivity index (χ1) is 7.65. The zero-order valence-corrected chi connectivity index (χ0v) is 10.9. The van der Waals surface area contributed by atoms with Crippen LogP contribution in [0.5, 0.6) is 0 Å². The summed E-state index contributed by atoms with van der Waals surface area (Å²) in [6.45, 7) is 2.95. The van der Waals surface area contributed by atoms with Crippen LogP contribution in [0, 0.1) is 0 Å². The van der Waals surface area contributed by atoms with E-state index < -0.39 is 0 Å². The second-order valence-electron chi connectivity index (χ2n) is 3.66. The number of nitrogens with two attached hydrogens (primary N) is 1. The number of hydrogen-bond donors (Lipinski definition) is 2. The van der Waals surface area contributed by atoms with E-state index in [9.17, 15) is 4.79 Å². The topological polar surface area (TPSA) is 64.3 Å². The van der Waals surface area contributed by atoms with Gasteiger partial charge in [0.1, 0.15) is 0 Å². The van der Waals surface area contributed by atoms with E-state index in [4.69, 9.17) is 10.5 Å². The van der Waals surface area contributed by atoms with Crippen molar-refractivity contribution in [2.24, 2.45) is 5.73 Å². The van der Waals surface area contributed by atoms with Crippen LogP contribution in [0.25, 0.3) is 0 Å². The van der Waals surface area contributed by atoms with Crippen molar-refractivity contribution >= 4 is 18.3 Å². The standard InChI is InChI=1S/C12H18N2O2.ClH/c1-9(13)10-3-5-11(6-4-10)12(15)14-7-8-16-2;/h3-6,9H,7-8,13H2,1-2H3,(H,14,15);1H/t9-;/m0./s1. The monoisotopic (exact) mass is 258 g/mol. The first-order valence-corrected chi connectivity index (χ1v) is 5.28. The van der Waals surface area contributed by atoms with Gasteiger partial charge in [0, 0.05) is 25.3 Å². The molecule has 0 aliphatic rings. The lowest BCUT2D eigenvalue weighted by molar-refractivity contribution is 0.0937. The molecule has 0 heterocycles. The second kappa shape index (κ2) is 8.06. The quantitative estimate of drug-likeness (QED) is 0.787. The van der Waals surface area contributed by atoms with Gasteiger partial charge in [-0.05, 0) is 24.6 Å².